The topological polar surface area (TPSA) is 75.5 Å². The first-order valence-corrected chi connectivity index (χ1v) is 11.6. The zero-order chi connectivity index (χ0) is 26.0. The highest BCUT2D eigenvalue weighted by Crippen LogP contribution is 2.46. The second-order valence-electron chi connectivity index (χ2n) is 7.69. The van der Waals surface area contributed by atoms with Gasteiger partial charge in [-0.3, -0.25) is 9.36 Å². The Balaban J connectivity index is 1.95. The monoisotopic (exact) mass is 541 g/mol. The van der Waals surface area contributed by atoms with Gasteiger partial charge in [-0.05, 0) is 31.2 Å². The minimum Gasteiger partial charge on any atom is -0.488 e. The van der Waals surface area contributed by atoms with Gasteiger partial charge in [0, 0.05) is 16.1 Å². The first kappa shape index (κ1) is 26.0. The number of ether oxygens (including phenoxy) is 3. The fraction of sp³-hybridized carbons (Fsp3) is 0.292. The standard InChI is InChI=1S/C24H20Cl2F3N3O4/c1-3-10-35-17-7-5-6-14(20(17)26)21-15-11-13(25)8-9-16(15)32-22(30-31-23(32)24(27,28)29)18(36-21)12-19(33)34-4-2/h3,5-9,11,18,21H,1,4,10,12H2,2H3/t18?,21-/m1/s1. The number of rotatable bonds is 7. The molecule has 0 bridgehead atoms. The van der Waals surface area contributed by atoms with Crippen LogP contribution in [0.15, 0.2) is 49.1 Å². The number of benzene rings is 2. The Morgan fingerprint density at radius 2 is 2.00 bits per heavy atom. The van der Waals surface area contributed by atoms with Crippen LogP contribution in [0.2, 0.25) is 10.0 Å². The van der Waals surface area contributed by atoms with Crippen LogP contribution in [0.1, 0.15) is 48.3 Å². The molecule has 3 aromatic rings. The Morgan fingerprint density at radius 3 is 2.69 bits per heavy atom. The molecular weight excluding hydrogens is 522 g/mol. The molecule has 0 amide bonds. The number of halogens is 5. The van der Waals surface area contributed by atoms with E-state index in [0.717, 1.165) is 4.57 Å². The lowest BCUT2D eigenvalue weighted by atomic mass is 9.99. The van der Waals surface area contributed by atoms with Gasteiger partial charge in [0.05, 0.1) is 23.7 Å². The molecule has 2 atom stereocenters. The van der Waals surface area contributed by atoms with Gasteiger partial charge in [0.1, 0.15) is 24.6 Å². The molecule has 1 unspecified atom stereocenters. The van der Waals surface area contributed by atoms with E-state index >= 15 is 0 Å². The van der Waals surface area contributed by atoms with Crippen LogP contribution in [0.3, 0.4) is 0 Å². The van der Waals surface area contributed by atoms with Crippen molar-refractivity contribution in [2.75, 3.05) is 13.2 Å². The molecule has 2 heterocycles. The SMILES string of the molecule is C=CCOc1cccc([C@H]2OC(CC(=O)OCC)c3nnc(C(F)(F)F)n3-c3ccc(Cl)cc32)c1Cl. The second-order valence-corrected chi connectivity index (χ2v) is 8.51. The molecule has 0 fully saturated rings. The number of alkyl halides is 3. The highest BCUT2D eigenvalue weighted by molar-refractivity contribution is 6.33. The molecule has 0 saturated carbocycles. The highest BCUT2D eigenvalue weighted by atomic mass is 35.5. The van der Waals surface area contributed by atoms with Crippen LogP contribution in [0.4, 0.5) is 13.2 Å². The van der Waals surface area contributed by atoms with E-state index in [2.05, 4.69) is 16.8 Å². The van der Waals surface area contributed by atoms with Gasteiger partial charge in [-0.2, -0.15) is 13.2 Å². The van der Waals surface area contributed by atoms with E-state index in [1.54, 1.807) is 31.2 Å². The average molecular weight is 542 g/mol. The second kappa shape index (κ2) is 10.5. The van der Waals surface area contributed by atoms with E-state index in [-0.39, 0.29) is 40.3 Å². The third-order valence-electron chi connectivity index (χ3n) is 5.33. The molecule has 0 saturated heterocycles. The largest absolute Gasteiger partial charge is 0.488 e. The van der Waals surface area contributed by atoms with Crippen LogP contribution in [0, 0.1) is 0 Å². The lowest BCUT2D eigenvalue weighted by Crippen LogP contribution is -2.18. The first-order valence-electron chi connectivity index (χ1n) is 10.8. The highest BCUT2D eigenvalue weighted by Gasteiger charge is 2.43. The van der Waals surface area contributed by atoms with Crippen molar-refractivity contribution in [1.82, 2.24) is 14.8 Å². The van der Waals surface area contributed by atoms with Gasteiger partial charge in [0.25, 0.3) is 0 Å². The van der Waals surface area contributed by atoms with Gasteiger partial charge in [-0.15, -0.1) is 10.2 Å². The number of carbonyl (C=O) groups excluding carboxylic acids is 1. The molecule has 1 aliphatic rings. The molecule has 1 aliphatic heterocycles. The van der Waals surface area contributed by atoms with Gasteiger partial charge in [-0.1, -0.05) is 48.0 Å². The average Bonchev–Trinajstić information content (AvgIpc) is 3.22. The maximum absolute atomic E-state index is 14.0. The number of carbonyl (C=O) groups is 1. The summed E-state index contributed by atoms with van der Waals surface area (Å²) in [6, 6.07) is 9.28. The molecule has 7 nitrogen and oxygen atoms in total. The van der Waals surface area contributed by atoms with Crippen molar-refractivity contribution in [2.24, 2.45) is 0 Å². The smallest absolute Gasteiger partial charge is 0.452 e. The van der Waals surface area contributed by atoms with Gasteiger partial charge in [0.15, 0.2) is 5.82 Å². The molecule has 2 aromatic carbocycles. The van der Waals surface area contributed by atoms with Gasteiger partial charge >= 0.3 is 12.1 Å². The minimum atomic E-state index is -4.84. The van der Waals surface area contributed by atoms with Crippen molar-refractivity contribution < 1.29 is 32.2 Å². The summed E-state index contributed by atoms with van der Waals surface area (Å²) >= 11 is 12.9. The van der Waals surface area contributed by atoms with E-state index in [1.165, 1.54) is 18.2 Å². The zero-order valence-corrected chi connectivity index (χ0v) is 20.4. The molecule has 0 radical (unpaired) electrons. The Morgan fingerprint density at radius 1 is 1.22 bits per heavy atom. The number of hydrogen-bond donors (Lipinski definition) is 0. The fourth-order valence-corrected chi connectivity index (χ4v) is 4.37. The number of esters is 1. The van der Waals surface area contributed by atoms with Crippen LogP contribution in [-0.2, 0) is 20.4 Å². The van der Waals surface area contributed by atoms with E-state index in [0.29, 0.717) is 11.3 Å². The van der Waals surface area contributed by atoms with Crippen molar-refractivity contribution in [3.05, 3.63) is 81.9 Å². The van der Waals surface area contributed by atoms with Crippen molar-refractivity contribution in [3.63, 3.8) is 0 Å². The van der Waals surface area contributed by atoms with Crippen molar-refractivity contribution in [3.8, 4) is 11.4 Å². The van der Waals surface area contributed by atoms with Crippen LogP contribution >= 0.6 is 23.2 Å². The summed E-state index contributed by atoms with van der Waals surface area (Å²) in [5, 5.41) is 7.57. The summed E-state index contributed by atoms with van der Waals surface area (Å²) < 4.78 is 59.6. The number of nitrogens with zero attached hydrogens (tertiary/aromatic N) is 3. The maximum atomic E-state index is 14.0. The molecule has 36 heavy (non-hydrogen) atoms. The van der Waals surface area contributed by atoms with Crippen LogP contribution in [0.25, 0.3) is 5.69 Å². The Labute approximate surface area is 214 Å². The Bertz CT molecular complexity index is 1300. The summed E-state index contributed by atoms with van der Waals surface area (Å²) in [5.41, 5.74) is 0.739. The number of aromatic nitrogens is 3. The molecule has 190 valence electrons. The molecule has 4 rings (SSSR count). The lowest BCUT2D eigenvalue weighted by molar-refractivity contribution is -0.147. The number of hydrogen-bond acceptors (Lipinski definition) is 6. The van der Waals surface area contributed by atoms with Gasteiger partial charge in [0.2, 0.25) is 5.82 Å². The predicted molar refractivity (Wildman–Crippen MR) is 125 cm³/mol. The predicted octanol–water partition coefficient (Wildman–Crippen LogP) is 6.27. The maximum Gasteiger partial charge on any atom is 0.452 e. The summed E-state index contributed by atoms with van der Waals surface area (Å²) in [4.78, 5) is 12.4. The third kappa shape index (κ3) is 5.07. The summed E-state index contributed by atoms with van der Waals surface area (Å²) in [7, 11) is 0. The van der Waals surface area contributed by atoms with E-state index in [9.17, 15) is 18.0 Å². The van der Waals surface area contributed by atoms with E-state index in [1.807, 2.05) is 0 Å². The zero-order valence-electron chi connectivity index (χ0n) is 18.9. The summed E-state index contributed by atoms with van der Waals surface area (Å²) in [5.74, 6) is -1.84. The van der Waals surface area contributed by atoms with E-state index < -0.39 is 36.6 Å². The summed E-state index contributed by atoms with van der Waals surface area (Å²) in [6.07, 6.45) is -6.00. The lowest BCUT2D eigenvalue weighted by Gasteiger charge is -2.24. The number of fused-ring (bicyclic) bond motifs is 3. The molecule has 1 aromatic heterocycles. The molecular formula is C24H20Cl2F3N3O4. The molecule has 0 aliphatic carbocycles. The molecule has 0 N–H and O–H groups in total. The van der Waals surface area contributed by atoms with Crippen molar-refractivity contribution >= 4 is 29.2 Å². The van der Waals surface area contributed by atoms with Crippen LogP contribution < -0.4 is 4.74 Å². The Hall–Kier alpha value is -3.08. The molecule has 0 spiro atoms. The normalized spacial score (nSPS) is 17.1. The van der Waals surface area contributed by atoms with Gasteiger partial charge < -0.3 is 14.2 Å². The van der Waals surface area contributed by atoms with E-state index in [4.69, 9.17) is 37.4 Å². The fourth-order valence-electron chi connectivity index (χ4n) is 3.91. The Kier molecular flexibility index (Phi) is 7.58. The van der Waals surface area contributed by atoms with Gasteiger partial charge in [-0.25, -0.2) is 0 Å². The van der Waals surface area contributed by atoms with Crippen molar-refractivity contribution in [2.45, 2.75) is 31.7 Å². The quantitative estimate of drug-likeness (QED) is 0.259. The van der Waals surface area contributed by atoms with Crippen LogP contribution in [-0.4, -0.2) is 33.9 Å². The third-order valence-corrected chi connectivity index (χ3v) is 5.97. The van der Waals surface area contributed by atoms with Crippen molar-refractivity contribution in [1.29, 1.82) is 0 Å². The first-order chi connectivity index (χ1) is 17.2. The minimum absolute atomic E-state index is 0.0802. The van der Waals surface area contributed by atoms with Crippen LogP contribution in [0.5, 0.6) is 5.75 Å². The molecule has 12 heteroatoms. The summed E-state index contributed by atoms with van der Waals surface area (Å²) in [6.45, 7) is 5.49.